The summed E-state index contributed by atoms with van der Waals surface area (Å²) >= 11 is 0. The van der Waals surface area contributed by atoms with Crippen molar-refractivity contribution >= 4 is 0 Å². The molecule has 2 aliphatic rings. The fourth-order valence-corrected chi connectivity index (χ4v) is 4.07. The van der Waals surface area contributed by atoms with Gasteiger partial charge in [-0.25, -0.2) is 0 Å². The maximum atomic E-state index is 2.64. The Morgan fingerprint density at radius 1 is 0.739 bits per heavy atom. The molecule has 2 heterocycles. The van der Waals surface area contributed by atoms with E-state index in [9.17, 15) is 0 Å². The normalized spacial score (nSPS) is 19.8. The molecule has 2 heteroatoms. The summed E-state index contributed by atoms with van der Waals surface area (Å²) in [4.78, 5) is 5.26. The molecule has 0 radical (unpaired) electrons. The van der Waals surface area contributed by atoms with Crippen molar-refractivity contribution in [2.24, 2.45) is 5.92 Å². The molecule has 0 atom stereocenters. The summed E-state index contributed by atoms with van der Waals surface area (Å²) in [5.41, 5.74) is 4.52. The van der Waals surface area contributed by atoms with Gasteiger partial charge in [0.1, 0.15) is 0 Å². The van der Waals surface area contributed by atoms with E-state index in [4.69, 9.17) is 0 Å². The molecule has 23 heavy (non-hydrogen) atoms. The molecule has 2 aromatic carbocycles. The zero-order valence-electron chi connectivity index (χ0n) is 13.8. The van der Waals surface area contributed by atoms with Gasteiger partial charge in [0, 0.05) is 26.2 Å². The second kappa shape index (κ2) is 6.86. The number of nitrogens with zero attached hydrogens (tertiary/aromatic N) is 2. The minimum Gasteiger partial charge on any atom is -0.299 e. The molecule has 0 N–H and O–H groups in total. The van der Waals surface area contributed by atoms with Gasteiger partial charge in [0.2, 0.25) is 0 Å². The summed E-state index contributed by atoms with van der Waals surface area (Å²) < 4.78 is 0. The molecule has 0 spiro atoms. The molecule has 1 saturated heterocycles. The Bertz CT molecular complexity index is 604. The highest BCUT2D eigenvalue weighted by molar-refractivity contribution is 5.30. The standard InChI is InChI=1S/C21H26N2/c1-2-6-18(7-3-1)14-22-12-10-19(11-13-22)15-23-16-20-8-4-5-9-21(20)17-23/h1-9,19H,10-17H2. The van der Waals surface area contributed by atoms with Crippen molar-refractivity contribution < 1.29 is 0 Å². The van der Waals surface area contributed by atoms with Crippen LogP contribution in [0.2, 0.25) is 0 Å². The number of hydrogen-bond acceptors (Lipinski definition) is 2. The molecule has 4 rings (SSSR count). The molecule has 2 aromatic rings. The number of hydrogen-bond donors (Lipinski definition) is 0. The van der Waals surface area contributed by atoms with Gasteiger partial charge < -0.3 is 0 Å². The van der Waals surface area contributed by atoms with E-state index in [0.29, 0.717) is 0 Å². The van der Waals surface area contributed by atoms with Crippen LogP contribution >= 0.6 is 0 Å². The van der Waals surface area contributed by atoms with Crippen molar-refractivity contribution in [3.8, 4) is 0 Å². The lowest BCUT2D eigenvalue weighted by Gasteiger charge is -2.33. The average molecular weight is 306 g/mol. The molecule has 0 aliphatic carbocycles. The number of likely N-dealkylation sites (tertiary alicyclic amines) is 1. The van der Waals surface area contributed by atoms with E-state index in [-0.39, 0.29) is 0 Å². The first-order valence-corrected chi connectivity index (χ1v) is 8.92. The van der Waals surface area contributed by atoms with Crippen LogP contribution in [0.4, 0.5) is 0 Å². The Kier molecular flexibility index (Phi) is 4.45. The Balaban J connectivity index is 1.25. The second-order valence-electron chi connectivity index (χ2n) is 7.14. The smallest absolute Gasteiger partial charge is 0.0240 e. The van der Waals surface area contributed by atoms with E-state index in [1.807, 2.05) is 0 Å². The molecule has 0 saturated carbocycles. The van der Waals surface area contributed by atoms with E-state index in [2.05, 4.69) is 64.4 Å². The minimum atomic E-state index is 0.872. The van der Waals surface area contributed by atoms with Gasteiger partial charge in [-0.05, 0) is 48.5 Å². The summed E-state index contributed by atoms with van der Waals surface area (Å²) in [6.07, 6.45) is 2.69. The third-order valence-corrected chi connectivity index (χ3v) is 5.38. The molecule has 0 bridgehead atoms. The molecule has 1 fully saturated rings. The third-order valence-electron chi connectivity index (χ3n) is 5.38. The van der Waals surface area contributed by atoms with Crippen LogP contribution in [-0.2, 0) is 19.6 Å². The van der Waals surface area contributed by atoms with Crippen LogP contribution < -0.4 is 0 Å². The van der Waals surface area contributed by atoms with Crippen molar-refractivity contribution in [3.63, 3.8) is 0 Å². The Labute approximate surface area is 139 Å². The maximum absolute atomic E-state index is 2.64. The summed E-state index contributed by atoms with van der Waals surface area (Å²) in [5.74, 6) is 0.872. The SMILES string of the molecule is c1ccc(CN2CCC(CN3Cc4ccccc4C3)CC2)cc1. The van der Waals surface area contributed by atoms with Crippen LogP contribution in [0.1, 0.15) is 29.5 Å². The highest BCUT2D eigenvalue weighted by Gasteiger charge is 2.24. The fourth-order valence-electron chi connectivity index (χ4n) is 4.07. The van der Waals surface area contributed by atoms with Gasteiger partial charge in [0.25, 0.3) is 0 Å². The lowest BCUT2D eigenvalue weighted by Crippen LogP contribution is -2.37. The van der Waals surface area contributed by atoms with Crippen LogP contribution in [0.5, 0.6) is 0 Å². The second-order valence-corrected chi connectivity index (χ2v) is 7.14. The molecule has 2 aliphatic heterocycles. The quantitative estimate of drug-likeness (QED) is 0.845. The predicted molar refractivity (Wildman–Crippen MR) is 95.0 cm³/mol. The molecule has 0 aromatic heterocycles. The van der Waals surface area contributed by atoms with Gasteiger partial charge in [-0.1, -0.05) is 54.6 Å². The van der Waals surface area contributed by atoms with Crippen LogP contribution in [0.15, 0.2) is 54.6 Å². The number of rotatable bonds is 4. The topological polar surface area (TPSA) is 6.48 Å². The third kappa shape index (κ3) is 3.65. The molecular formula is C21H26N2. The van der Waals surface area contributed by atoms with Gasteiger partial charge in [-0.15, -0.1) is 0 Å². The summed E-state index contributed by atoms with van der Waals surface area (Å²) in [6.45, 7) is 7.19. The minimum absolute atomic E-state index is 0.872. The van der Waals surface area contributed by atoms with Gasteiger partial charge in [0.05, 0.1) is 0 Å². The number of benzene rings is 2. The number of piperidine rings is 1. The van der Waals surface area contributed by atoms with Gasteiger partial charge in [-0.2, -0.15) is 0 Å². The lowest BCUT2D eigenvalue weighted by molar-refractivity contribution is 0.138. The maximum Gasteiger partial charge on any atom is 0.0240 e. The van der Waals surface area contributed by atoms with Gasteiger partial charge in [-0.3, -0.25) is 9.80 Å². The summed E-state index contributed by atoms with van der Waals surface area (Å²) in [6, 6.07) is 19.8. The molecule has 0 unspecified atom stereocenters. The molecule has 0 amide bonds. The Morgan fingerprint density at radius 3 is 2.00 bits per heavy atom. The predicted octanol–water partition coefficient (Wildman–Crippen LogP) is 3.91. The van der Waals surface area contributed by atoms with E-state index >= 15 is 0 Å². The van der Waals surface area contributed by atoms with E-state index in [0.717, 1.165) is 25.6 Å². The van der Waals surface area contributed by atoms with Crippen molar-refractivity contribution in [2.45, 2.75) is 32.5 Å². The fraction of sp³-hybridized carbons (Fsp3) is 0.429. The first-order chi connectivity index (χ1) is 11.4. The molecule has 120 valence electrons. The monoisotopic (exact) mass is 306 g/mol. The zero-order valence-corrected chi connectivity index (χ0v) is 13.8. The van der Waals surface area contributed by atoms with Crippen LogP contribution in [0.3, 0.4) is 0 Å². The van der Waals surface area contributed by atoms with Crippen molar-refractivity contribution in [2.75, 3.05) is 19.6 Å². The molecule has 2 nitrogen and oxygen atoms in total. The average Bonchev–Trinajstić information content (AvgIpc) is 3.00. The van der Waals surface area contributed by atoms with E-state index in [1.165, 1.54) is 49.2 Å². The van der Waals surface area contributed by atoms with Gasteiger partial charge in [0.15, 0.2) is 0 Å². The van der Waals surface area contributed by atoms with E-state index in [1.54, 1.807) is 0 Å². The van der Waals surface area contributed by atoms with Crippen LogP contribution in [0, 0.1) is 5.92 Å². The summed E-state index contributed by atoms with van der Waals surface area (Å²) in [7, 11) is 0. The summed E-state index contributed by atoms with van der Waals surface area (Å²) in [5, 5.41) is 0. The first kappa shape index (κ1) is 14.9. The zero-order chi connectivity index (χ0) is 15.5. The Hall–Kier alpha value is -1.64. The highest BCUT2D eigenvalue weighted by Crippen LogP contribution is 2.26. The lowest BCUT2D eigenvalue weighted by atomic mass is 9.96. The van der Waals surface area contributed by atoms with E-state index < -0.39 is 0 Å². The largest absolute Gasteiger partial charge is 0.299 e. The van der Waals surface area contributed by atoms with Crippen molar-refractivity contribution in [1.29, 1.82) is 0 Å². The Morgan fingerprint density at radius 2 is 1.35 bits per heavy atom. The van der Waals surface area contributed by atoms with Gasteiger partial charge >= 0.3 is 0 Å². The molecular weight excluding hydrogens is 280 g/mol. The van der Waals surface area contributed by atoms with Crippen LogP contribution in [-0.4, -0.2) is 29.4 Å². The van der Waals surface area contributed by atoms with Crippen molar-refractivity contribution in [3.05, 3.63) is 71.3 Å². The van der Waals surface area contributed by atoms with Crippen molar-refractivity contribution in [1.82, 2.24) is 9.80 Å². The first-order valence-electron chi connectivity index (χ1n) is 8.92. The number of fused-ring (bicyclic) bond motifs is 1. The van der Waals surface area contributed by atoms with Crippen LogP contribution in [0.25, 0.3) is 0 Å². The highest BCUT2D eigenvalue weighted by atomic mass is 15.2.